The zero-order valence-corrected chi connectivity index (χ0v) is 8.85. The van der Waals surface area contributed by atoms with E-state index in [-0.39, 0.29) is 0 Å². The number of hydrogen-bond donors (Lipinski definition) is 4. The first-order chi connectivity index (χ1) is 6.58. The zero-order valence-electron chi connectivity index (χ0n) is 7.14. The van der Waals surface area contributed by atoms with Crippen molar-refractivity contribution in [1.29, 1.82) is 0 Å². The summed E-state index contributed by atoms with van der Waals surface area (Å²) in [5, 5.41) is 18.9. The molecule has 4 N–H and O–H groups in total. The van der Waals surface area contributed by atoms with Gasteiger partial charge in [0.15, 0.2) is 0 Å². The van der Waals surface area contributed by atoms with E-state index in [9.17, 15) is 0 Å². The highest BCUT2D eigenvalue weighted by Gasteiger charge is 2.15. The van der Waals surface area contributed by atoms with Gasteiger partial charge in [-0.3, -0.25) is 0 Å². The van der Waals surface area contributed by atoms with Crippen molar-refractivity contribution in [3.05, 3.63) is 18.2 Å². The van der Waals surface area contributed by atoms with Gasteiger partial charge in [0.1, 0.15) is 0 Å². The molecule has 1 aromatic carbocycles. The molecule has 3 nitrogen and oxygen atoms in total. The Hall–Kier alpha value is -0.685. The molecule has 14 heavy (non-hydrogen) atoms. The summed E-state index contributed by atoms with van der Waals surface area (Å²) in [7, 11) is -1.43. The van der Waals surface area contributed by atoms with Gasteiger partial charge in [-0.25, -0.2) is 0 Å². The number of anilines is 1. The molecule has 0 bridgehead atoms. The monoisotopic (exact) mass is 225 g/mol. The molecule has 2 aromatic rings. The first-order valence-corrected chi connectivity index (χ1v) is 5.22. The van der Waals surface area contributed by atoms with E-state index in [4.69, 9.17) is 15.8 Å². The highest BCUT2D eigenvalue weighted by atomic mass is 32.1. The Balaban J connectivity index is 2.70. The third kappa shape index (κ3) is 1.61. The van der Waals surface area contributed by atoms with Crippen molar-refractivity contribution >= 4 is 51.6 Å². The number of fused-ring (bicyclic) bond motifs is 1. The van der Waals surface area contributed by atoms with E-state index >= 15 is 0 Å². The van der Waals surface area contributed by atoms with Crippen LogP contribution < -0.4 is 10.5 Å². The predicted octanol–water partition coefficient (Wildman–Crippen LogP) is 0.452. The molecule has 0 saturated carbocycles. The maximum atomic E-state index is 8.99. The maximum absolute atomic E-state index is 8.99. The van der Waals surface area contributed by atoms with Crippen molar-refractivity contribution in [2.45, 2.75) is 4.90 Å². The van der Waals surface area contributed by atoms with Crippen molar-refractivity contribution in [3.8, 4) is 0 Å². The van der Waals surface area contributed by atoms with Crippen LogP contribution in [0.4, 0.5) is 5.69 Å². The van der Waals surface area contributed by atoms with E-state index in [0.29, 0.717) is 10.5 Å². The third-order valence-electron chi connectivity index (χ3n) is 1.89. The highest BCUT2D eigenvalue weighted by molar-refractivity contribution is 7.80. The Labute approximate surface area is 90.7 Å². The lowest BCUT2D eigenvalue weighted by Gasteiger charge is -1.96. The SMILES string of the molecule is Nc1cc(S)c2sc(B(O)O)cc2c1. The second kappa shape index (κ2) is 3.47. The fourth-order valence-corrected chi connectivity index (χ4v) is 2.65. The predicted molar refractivity (Wildman–Crippen MR) is 63.3 cm³/mol. The molecule has 0 atom stereocenters. The lowest BCUT2D eigenvalue weighted by molar-refractivity contribution is 0.427. The molecule has 0 aliphatic carbocycles. The molecule has 2 rings (SSSR count). The molecule has 6 heteroatoms. The molecular weight excluding hydrogens is 217 g/mol. The molecule has 1 heterocycles. The van der Waals surface area contributed by atoms with E-state index in [1.54, 1.807) is 18.2 Å². The van der Waals surface area contributed by atoms with Gasteiger partial charge in [0, 0.05) is 20.1 Å². The van der Waals surface area contributed by atoms with Gasteiger partial charge in [-0.2, -0.15) is 0 Å². The Morgan fingerprint density at radius 3 is 2.64 bits per heavy atom. The zero-order chi connectivity index (χ0) is 10.3. The standard InChI is InChI=1S/C8H8BNO2S2/c10-5-1-4-2-7(9(11)12)14-8(4)6(13)3-5/h1-3,11-13H,10H2. The molecular formula is C8H8BNO2S2. The first kappa shape index (κ1) is 9.85. The normalized spacial score (nSPS) is 10.8. The summed E-state index contributed by atoms with van der Waals surface area (Å²) in [6.45, 7) is 0. The minimum atomic E-state index is -1.43. The summed E-state index contributed by atoms with van der Waals surface area (Å²) >= 11 is 5.58. The summed E-state index contributed by atoms with van der Waals surface area (Å²) < 4.78 is 1.42. The Morgan fingerprint density at radius 1 is 1.29 bits per heavy atom. The average Bonchev–Trinajstić information content (AvgIpc) is 2.47. The quantitative estimate of drug-likeness (QED) is 0.323. The van der Waals surface area contributed by atoms with Crippen molar-refractivity contribution in [2.75, 3.05) is 5.73 Å². The molecule has 0 aliphatic heterocycles. The number of hydrogen-bond acceptors (Lipinski definition) is 5. The Kier molecular flexibility index (Phi) is 2.44. The van der Waals surface area contributed by atoms with Gasteiger partial charge < -0.3 is 15.8 Å². The molecule has 0 fully saturated rings. The van der Waals surface area contributed by atoms with Crippen LogP contribution in [-0.2, 0) is 0 Å². The van der Waals surface area contributed by atoms with Crippen molar-refractivity contribution in [1.82, 2.24) is 0 Å². The fourth-order valence-electron chi connectivity index (χ4n) is 1.30. The minimum absolute atomic E-state index is 0.501. The lowest BCUT2D eigenvalue weighted by Crippen LogP contribution is -2.26. The second-order valence-corrected chi connectivity index (χ2v) is 4.55. The Bertz CT molecular complexity index is 483. The van der Waals surface area contributed by atoms with Crippen LogP contribution in [-0.4, -0.2) is 17.2 Å². The van der Waals surface area contributed by atoms with Crippen LogP contribution in [0, 0.1) is 0 Å². The molecule has 0 spiro atoms. The molecule has 72 valence electrons. The van der Waals surface area contributed by atoms with Crippen LogP contribution in [0.2, 0.25) is 0 Å². The first-order valence-electron chi connectivity index (χ1n) is 3.96. The lowest BCUT2D eigenvalue weighted by atomic mass is 9.89. The molecule has 0 radical (unpaired) electrons. The van der Waals surface area contributed by atoms with Crippen LogP contribution >= 0.6 is 24.0 Å². The van der Waals surface area contributed by atoms with E-state index in [1.165, 1.54) is 11.3 Å². The van der Waals surface area contributed by atoms with Gasteiger partial charge in [-0.05, 0) is 23.6 Å². The van der Waals surface area contributed by atoms with Gasteiger partial charge in [-0.15, -0.1) is 24.0 Å². The van der Waals surface area contributed by atoms with Crippen LogP contribution in [0.5, 0.6) is 0 Å². The van der Waals surface area contributed by atoms with Gasteiger partial charge in [0.25, 0.3) is 0 Å². The summed E-state index contributed by atoms with van der Waals surface area (Å²) in [6, 6.07) is 5.24. The number of benzene rings is 1. The Morgan fingerprint density at radius 2 is 2.00 bits per heavy atom. The van der Waals surface area contributed by atoms with Crippen molar-refractivity contribution in [2.24, 2.45) is 0 Å². The van der Waals surface area contributed by atoms with Gasteiger partial charge in [0.05, 0.1) is 0 Å². The van der Waals surface area contributed by atoms with Crippen LogP contribution in [0.1, 0.15) is 0 Å². The van der Waals surface area contributed by atoms with Crippen molar-refractivity contribution in [3.63, 3.8) is 0 Å². The topological polar surface area (TPSA) is 66.5 Å². The molecule has 1 aromatic heterocycles. The van der Waals surface area contributed by atoms with Gasteiger partial charge in [0.2, 0.25) is 0 Å². The van der Waals surface area contributed by atoms with E-state index < -0.39 is 7.12 Å². The smallest absolute Gasteiger partial charge is 0.423 e. The summed E-state index contributed by atoms with van der Waals surface area (Å²) in [5.41, 5.74) is 6.27. The molecule has 0 aliphatic rings. The number of nitrogens with two attached hydrogens (primary N) is 1. The third-order valence-corrected chi connectivity index (χ3v) is 3.62. The van der Waals surface area contributed by atoms with E-state index in [1.807, 2.05) is 0 Å². The summed E-state index contributed by atoms with van der Waals surface area (Å²) in [6.07, 6.45) is 0. The largest absolute Gasteiger partial charge is 0.499 e. The molecule has 0 amide bonds. The van der Waals surface area contributed by atoms with Crippen LogP contribution in [0.15, 0.2) is 23.1 Å². The number of thiol groups is 1. The summed E-state index contributed by atoms with van der Waals surface area (Å²) in [4.78, 5) is 0.761. The highest BCUT2D eigenvalue weighted by Crippen LogP contribution is 2.28. The van der Waals surface area contributed by atoms with Crippen LogP contribution in [0.3, 0.4) is 0 Å². The van der Waals surface area contributed by atoms with Gasteiger partial charge >= 0.3 is 7.12 Å². The van der Waals surface area contributed by atoms with E-state index in [2.05, 4.69) is 12.6 Å². The number of nitrogen functional groups attached to an aromatic ring is 1. The van der Waals surface area contributed by atoms with Gasteiger partial charge in [-0.1, -0.05) is 0 Å². The average molecular weight is 225 g/mol. The second-order valence-electron chi connectivity index (χ2n) is 2.98. The molecule has 0 saturated heterocycles. The van der Waals surface area contributed by atoms with E-state index in [0.717, 1.165) is 15.0 Å². The maximum Gasteiger partial charge on any atom is 0.499 e. The fraction of sp³-hybridized carbons (Fsp3) is 0. The van der Waals surface area contributed by atoms with Crippen LogP contribution in [0.25, 0.3) is 10.1 Å². The summed E-state index contributed by atoms with van der Waals surface area (Å²) in [5.74, 6) is 0. The minimum Gasteiger partial charge on any atom is -0.423 e. The number of thiophene rings is 1. The number of rotatable bonds is 1. The van der Waals surface area contributed by atoms with Crippen molar-refractivity contribution < 1.29 is 10.0 Å². The molecule has 0 unspecified atom stereocenters.